The van der Waals surface area contributed by atoms with Crippen LogP contribution in [0.4, 0.5) is 0 Å². The minimum absolute atomic E-state index is 0.877. The minimum atomic E-state index is -1.62. The summed E-state index contributed by atoms with van der Waals surface area (Å²) in [5.74, 6) is 1.75. The quantitative estimate of drug-likeness (QED) is 0.106. The molecule has 0 radical (unpaired) electrons. The predicted molar refractivity (Wildman–Crippen MR) is 209 cm³/mol. The van der Waals surface area contributed by atoms with Crippen LogP contribution in [0.25, 0.3) is 0 Å². The summed E-state index contributed by atoms with van der Waals surface area (Å²) in [5, 5.41) is 5.94. The molecule has 0 heterocycles. The molecule has 0 atom stereocenters. The maximum absolute atomic E-state index is 6.40. The lowest BCUT2D eigenvalue weighted by molar-refractivity contribution is 0.482. The summed E-state index contributed by atoms with van der Waals surface area (Å²) >= 11 is 0. The van der Waals surface area contributed by atoms with E-state index in [-0.39, 0.29) is 0 Å². The van der Waals surface area contributed by atoms with Crippen molar-refractivity contribution < 1.29 is 4.74 Å². The first kappa shape index (κ1) is 32.9. The fourth-order valence-electron chi connectivity index (χ4n) is 7.04. The molecule has 0 spiro atoms. The van der Waals surface area contributed by atoms with E-state index in [1.807, 2.05) is 0 Å². The van der Waals surface area contributed by atoms with Crippen molar-refractivity contribution in [3.63, 3.8) is 0 Å². The Morgan fingerprint density at radius 2 is 0.638 bits per heavy atom. The molecule has 3 heteroatoms. The second kappa shape index (κ2) is 15.7. The van der Waals surface area contributed by atoms with E-state index in [0.717, 1.165) is 36.7 Å². The van der Waals surface area contributed by atoms with Crippen molar-refractivity contribution in [2.24, 2.45) is 0 Å². The Morgan fingerprint density at radius 3 is 0.894 bits per heavy atom. The highest BCUT2D eigenvalue weighted by Crippen LogP contribution is 2.60. The van der Waals surface area contributed by atoms with E-state index in [2.05, 4.69) is 184 Å². The first-order valence-electron chi connectivity index (χ1n) is 17.0. The maximum Gasteiger partial charge on any atom is 0.127 e. The summed E-state index contributed by atoms with van der Waals surface area (Å²) in [4.78, 5) is 0. The number of rotatable bonds is 14. The van der Waals surface area contributed by atoms with Crippen molar-refractivity contribution in [2.45, 2.75) is 39.0 Å². The van der Waals surface area contributed by atoms with Gasteiger partial charge in [0, 0.05) is 0 Å². The van der Waals surface area contributed by atoms with Crippen LogP contribution < -0.4 is 26.0 Å². The number of ether oxygens (including phenoxy) is 1. The van der Waals surface area contributed by atoms with Crippen LogP contribution in [0.2, 0.25) is 0 Å². The van der Waals surface area contributed by atoms with Gasteiger partial charge in [-0.25, -0.2) is 0 Å². The van der Waals surface area contributed by atoms with E-state index in [9.17, 15) is 0 Å². The van der Waals surface area contributed by atoms with E-state index in [4.69, 9.17) is 4.74 Å². The average molecular weight is 653 g/mol. The van der Waals surface area contributed by atoms with E-state index in [1.165, 1.54) is 44.7 Å². The van der Waals surface area contributed by atoms with Crippen molar-refractivity contribution in [1.82, 2.24) is 0 Å². The van der Waals surface area contributed by atoms with Gasteiger partial charge in [0.15, 0.2) is 0 Å². The molecule has 0 bridgehead atoms. The third kappa shape index (κ3) is 7.60. The lowest BCUT2D eigenvalue weighted by Crippen LogP contribution is -2.26. The Kier molecular flexibility index (Phi) is 11.0. The SMILES string of the molecule is CCC[P+](Cc1ccc(Oc2ccc(C[P+](CCC)(c3ccccc3)c3ccccc3)cc2)cc1)(c1ccccc1)c1ccccc1. The van der Waals surface area contributed by atoms with Gasteiger partial charge >= 0.3 is 0 Å². The van der Waals surface area contributed by atoms with Gasteiger partial charge in [0.1, 0.15) is 11.5 Å². The molecule has 0 aliphatic heterocycles. The van der Waals surface area contributed by atoms with Gasteiger partial charge in [-0.1, -0.05) is 111 Å². The van der Waals surface area contributed by atoms with Gasteiger partial charge in [-0.2, -0.15) is 0 Å². The molecule has 0 saturated heterocycles. The smallest absolute Gasteiger partial charge is 0.127 e. The summed E-state index contributed by atoms with van der Waals surface area (Å²) in [6.45, 7) is 4.63. The zero-order valence-corrected chi connectivity index (χ0v) is 29.5. The molecule has 0 aromatic heterocycles. The molecule has 0 unspecified atom stereocenters. The lowest BCUT2D eigenvalue weighted by Gasteiger charge is -2.27. The zero-order valence-electron chi connectivity index (χ0n) is 27.7. The number of hydrogen-bond donors (Lipinski definition) is 0. The van der Waals surface area contributed by atoms with Crippen LogP contribution in [0.5, 0.6) is 11.5 Å². The highest BCUT2D eigenvalue weighted by atomic mass is 31.2. The van der Waals surface area contributed by atoms with Gasteiger partial charge < -0.3 is 4.74 Å². The molecular formula is C44H46OP2+2. The summed E-state index contributed by atoms with van der Waals surface area (Å²) in [5.41, 5.74) is 2.72. The first-order valence-corrected chi connectivity index (χ1v) is 21.3. The summed E-state index contributed by atoms with van der Waals surface area (Å²) in [6, 6.07) is 62.4. The second-order valence-corrected chi connectivity index (χ2v) is 19.9. The third-order valence-electron chi connectivity index (χ3n) is 9.20. The molecule has 236 valence electrons. The van der Waals surface area contributed by atoms with Gasteiger partial charge in [0.2, 0.25) is 0 Å². The van der Waals surface area contributed by atoms with Crippen molar-refractivity contribution in [3.8, 4) is 11.5 Å². The van der Waals surface area contributed by atoms with Crippen LogP contribution in [0.3, 0.4) is 0 Å². The molecule has 0 aliphatic carbocycles. The monoisotopic (exact) mass is 652 g/mol. The van der Waals surface area contributed by atoms with Crippen LogP contribution in [0.15, 0.2) is 170 Å². The molecule has 0 amide bonds. The molecule has 6 rings (SSSR count). The Morgan fingerprint density at radius 1 is 0.362 bits per heavy atom. The minimum Gasteiger partial charge on any atom is -0.457 e. The molecule has 6 aromatic carbocycles. The molecule has 6 aromatic rings. The summed E-state index contributed by atoms with van der Waals surface area (Å²) in [7, 11) is -3.23. The van der Waals surface area contributed by atoms with Gasteiger partial charge in [-0.15, -0.1) is 0 Å². The molecule has 0 fully saturated rings. The predicted octanol–water partition coefficient (Wildman–Crippen LogP) is 10.6. The summed E-state index contributed by atoms with van der Waals surface area (Å²) in [6.07, 6.45) is 6.81. The Hall–Kier alpha value is -4.02. The highest BCUT2D eigenvalue weighted by molar-refractivity contribution is 7.89. The standard InChI is InChI=1S/C44H46OP2/c1-3-33-46(41-17-9-5-10-18-41,42-19-11-6-12-20-42)35-37-25-29-39(30-26-37)45-40-31-27-38(28-32-40)36-47(34-4-2,43-21-13-7-14-22-43)44-23-15-8-16-24-44/h5-32H,3-4,33-36H2,1-2H3/q+2. The van der Waals surface area contributed by atoms with Gasteiger partial charge in [0.25, 0.3) is 0 Å². The fraction of sp³-hybridized carbons (Fsp3) is 0.182. The first-order chi connectivity index (χ1) is 23.1. The van der Waals surface area contributed by atoms with E-state index in [1.54, 1.807) is 0 Å². The average Bonchev–Trinajstić information content (AvgIpc) is 3.14. The molecule has 1 nitrogen and oxygen atoms in total. The summed E-state index contributed by atoms with van der Waals surface area (Å²) < 4.78 is 6.40. The fourth-order valence-corrected chi connectivity index (χ4v) is 15.9. The number of benzene rings is 6. The zero-order chi connectivity index (χ0) is 32.4. The topological polar surface area (TPSA) is 9.23 Å². The van der Waals surface area contributed by atoms with Gasteiger partial charge in [-0.05, 0) is 96.8 Å². The molecular weight excluding hydrogens is 606 g/mol. The van der Waals surface area contributed by atoms with Crippen molar-refractivity contribution in [3.05, 3.63) is 181 Å². The van der Waals surface area contributed by atoms with Gasteiger partial charge in [0.05, 0.1) is 60.4 Å². The lowest BCUT2D eigenvalue weighted by atomic mass is 10.2. The Balaban J connectivity index is 1.21. The Labute approximate surface area is 283 Å². The van der Waals surface area contributed by atoms with Gasteiger partial charge in [-0.3, -0.25) is 0 Å². The molecule has 0 saturated carbocycles. The largest absolute Gasteiger partial charge is 0.457 e. The maximum atomic E-state index is 6.40. The van der Waals surface area contributed by atoms with Crippen LogP contribution in [-0.4, -0.2) is 12.3 Å². The van der Waals surface area contributed by atoms with Crippen molar-refractivity contribution >= 4 is 35.7 Å². The third-order valence-corrected chi connectivity index (χ3v) is 18.6. The van der Waals surface area contributed by atoms with E-state index in [0.29, 0.717) is 0 Å². The van der Waals surface area contributed by atoms with Crippen molar-refractivity contribution in [2.75, 3.05) is 12.3 Å². The van der Waals surface area contributed by atoms with Crippen molar-refractivity contribution in [1.29, 1.82) is 0 Å². The van der Waals surface area contributed by atoms with E-state index < -0.39 is 14.5 Å². The highest BCUT2D eigenvalue weighted by Gasteiger charge is 2.43. The Bertz CT molecular complexity index is 1570. The molecule has 0 aliphatic rings. The van der Waals surface area contributed by atoms with Crippen LogP contribution >= 0.6 is 14.5 Å². The van der Waals surface area contributed by atoms with Crippen LogP contribution in [0, 0.1) is 0 Å². The van der Waals surface area contributed by atoms with Crippen LogP contribution in [0.1, 0.15) is 37.8 Å². The second-order valence-electron chi connectivity index (χ2n) is 12.4. The normalized spacial score (nSPS) is 11.7. The van der Waals surface area contributed by atoms with E-state index >= 15 is 0 Å². The molecule has 47 heavy (non-hydrogen) atoms. The van der Waals surface area contributed by atoms with Crippen LogP contribution in [-0.2, 0) is 12.3 Å². The molecule has 0 N–H and O–H groups in total. The number of hydrogen-bond acceptors (Lipinski definition) is 1.